The molecular weight excluding hydrogens is 260 g/mol. The van der Waals surface area contributed by atoms with Crippen molar-refractivity contribution in [3.05, 3.63) is 0 Å². The summed E-state index contributed by atoms with van der Waals surface area (Å²) in [5.74, 6) is -0.458. The van der Waals surface area contributed by atoms with Gasteiger partial charge in [-0.2, -0.15) is 0 Å². The topological polar surface area (TPSA) is 78.9 Å². The minimum atomic E-state index is -0.762. The molecule has 0 spiro atoms. The van der Waals surface area contributed by atoms with E-state index in [1.54, 1.807) is 0 Å². The number of urea groups is 1. The molecule has 2 saturated heterocycles. The second kappa shape index (κ2) is 6.43. The number of carbonyl (C=O) groups is 2. The smallest absolute Gasteiger partial charge is 0.317 e. The van der Waals surface area contributed by atoms with Gasteiger partial charge in [0.25, 0.3) is 0 Å². The molecule has 2 aliphatic heterocycles. The van der Waals surface area contributed by atoms with Crippen LogP contribution in [-0.4, -0.2) is 53.8 Å². The third-order valence-electron chi connectivity index (χ3n) is 4.20. The van der Waals surface area contributed by atoms with Gasteiger partial charge in [-0.1, -0.05) is 0 Å². The second-order valence-corrected chi connectivity index (χ2v) is 6.18. The first-order valence-corrected chi connectivity index (χ1v) is 7.35. The number of carboxylic acid groups (broad SMARTS) is 1. The van der Waals surface area contributed by atoms with Crippen LogP contribution in [0.1, 0.15) is 39.0 Å². The summed E-state index contributed by atoms with van der Waals surface area (Å²) in [5.41, 5.74) is -0.259. The minimum absolute atomic E-state index is 0.0435. The Morgan fingerprint density at radius 2 is 2.30 bits per heavy atom. The second-order valence-electron chi connectivity index (χ2n) is 6.18. The summed E-state index contributed by atoms with van der Waals surface area (Å²) in [5, 5.41) is 11.8. The van der Waals surface area contributed by atoms with Crippen LogP contribution in [0.3, 0.4) is 0 Å². The third kappa shape index (κ3) is 4.10. The molecule has 2 amide bonds. The van der Waals surface area contributed by atoms with Crippen molar-refractivity contribution < 1.29 is 19.4 Å². The summed E-state index contributed by atoms with van der Waals surface area (Å²) in [6.45, 7) is 4.68. The maximum Gasteiger partial charge on any atom is 0.317 e. The lowest BCUT2D eigenvalue weighted by atomic mass is 9.93. The van der Waals surface area contributed by atoms with Crippen LogP contribution >= 0.6 is 0 Å². The zero-order valence-corrected chi connectivity index (χ0v) is 12.1. The maximum absolute atomic E-state index is 12.3. The highest BCUT2D eigenvalue weighted by Gasteiger charge is 2.33. The van der Waals surface area contributed by atoms with E-state index in [9.17, 15) is 9.59 Å². The van der Waals surface area contributed by atoms with Crippen LogP contribution in [0.5, 0.6) is 0 Å². The Bertz CT molecular complexity index is 366. The summed E-state index contributed by atoms with van der Waals surface area (Å²) in [6, 6.07) is -0.0435. The van der Waals surface area contributed by atoms with Gasteiger partial charge in [0, 0.05) is 26.1 Å². The molecule has 2 fully saturated rings. The molecular formula is C14H24N2O4. The van der Waals surface area contributed by atoms with E-state index >= 15 is 0 Å². The number of likely N-dealkylation sites (tertiary alicyclic amines) is 1. The predicted octanol–water partition coefficient (Wildman–Crippen LogP) is 1.45. The number of amides is 2. The zero-order valence-electron chi connectivity index (χ0n) is 12.1. The molecule has 6 heteroatoms. The molecule has 0 bridgehead atoms. The quantitative estimate of drug-likeness (QED) is 0.819. The number of rotatable bonds is 4. The SMILES string of the molecule is CC1(NC(=O)N2CCCC(CCC(=O)O)C2)CCOC1. The highest BCUT2D eigenvalue weighted by atomic mass is 16.5. The van der Waals surface area contributed by atoms with Crippen LogP contribution in [0.2, 0.25) is 0 Å². The molecule has 0 saturated carbocycles. The molecule has 20 heavy (non-hydrogen) atoms. The number of aliphatic carboxylic acids is 1. The van der Waals surface area contributed by atoms with Crippen molar-refractivity contribution in [1.82, 2.24) is 10.2 Å². The standard InChI is InChI=1S/C14H24N2O4/c1-14(6-8-20-10-14)15-13(19)16-7-2-3-11(9-16)4-5-12(17)18/h11H,2-10H2,1H3,(H,15,19)(H,17,18). The zero-order chi connectivity index (χ0) is 14.6. The average molecular weight is 284 g/mol. The largest absolute Gasteiger partial charge is 0.481 e. The lowest BCUT2D eigenvalue weighted by Gasteiger charge is -2.35. The number of hydrogen-bond acceptors (Lipinski definition) is 3. The first kappa shape index (κ1) is 15.1. The molecule has 0 aromatic rings. The van der Waals surface area contributed by atoms with E-state index < -0.39 is 5.97 Å². The van der Waals surface area contributed by atoms with Crippen molar-refractivity contribution in [1.29, 1.82) is 0 Å². The Hall–Kier alpha value is -1.30. The fourth-order valence-corrected chi connectivity index (χ4v) is 2.92. The molecule has 2 unspecified atom stereocenters. The Morgan fingerprint density at radius 3 is 2.95 bits per heavy atom. The van der Waals surface area contributed by atoms with Gasteiger partial charge < -0.3 is 20.1 Å². The molecule has 6 nitrogen and oxygen atoms in total. The number of ether oxygens (including phenoxy) is 1. The van der Waals surface area contributed by atoms with Crippen LogP contribution in [0.25, 0.3) is 0 Å². The highest BCUT2D eigenvalue weighted by molar-refractivity contribution is 5.75. The van der Waals surface area contributed by atoms with Gasteiger partial charge in [0.15, 0.2) is 0 Å². The Labute approximate surface area is 119 Å². The van der Waals surface area contributed by atoms with E-state index in [1.807, 2.05) is 11.8 Å². The summed E-state index contributed by atoms with van der Waals surface area (Å²) in [6.07, 6.45) is 3.64. The molecule has 114 valence electrons. The van der Waals surface area contributed by atoms with Crippen LogP contribution in [-0.2, 0) is 9.53 Å². The minimum Gasteiger partial charge on any atom is -0.481 e. The highest BCUT2D eigenvalue weighted by Crippen LogP contribution is 2.23. The summed E-state index contributed by atoms with van der Waals surface area (Å²) in [7, 11) is 0. The number of carbonyl (C=O) groups excluding carboxylic acids is 1. The number of piperidine rings is 1. The van der Waals surface area contributed by atoms with Gasteiger partial charge in [0.05, 0.1) is 12.1 Å². The monoisotopic (exact) mass is 284 g/mol. The van der Waals surface area contributed by atoms with Gasteiger partial charge in [-0.15, -0.1) is 0 Å². The fraction of sp³-hybridized carbons (Fsp3) is 0.857. The third-order valence-corrected chi connectivity index (χ3v) is 4.20. The molecule has 2 heterocycles. The molecule has 0 aromatic heterocycles. The average Bonchev–Trinajstić information content (AvgIpc) is 2.83. The summed E-state index contributed by atoms with van der Waals surface area (Å²) in [4.78, 5) is 24.7. The number of nitrogens with one attached hydrogen (secondary N) is 1. The molecule has 0 aromatic carbocycles. The van der Waals surface area contributed by atoms with Gasteiger partial charge in [-0.25, -0.2) is 4.79 Å². The number of carboxylic acids is 1. The first-order chi connectivity index (χ1) is 9.48. The molecule has 2 aliphatic rings. The number of nitrogens with zero attached hydrogens (tertiary/aromatic N) is 1. The van der Waals surface area contributed by atoms with Crippen molar-refractivity contribution in [2.75, 3.05) is 26.3 Å². The molecule has 2 atom stereocenters. The Morgan fingerprint density at radius 1 is 1.50 bits per heavy atom. The van der Waals surface area contributed by atoms with Gasteiger partial charge in [-0.05, 0) is 38.5 Å². The fourth-order valence-electron chi connectivity index (χ4n) is 2.92. The van der Waals surface area contributed by atoms with Crippen LogP contribution in [0, 0.1) is 5.92 Å². The van der Waals surface area contributed by atoms with E-state index in [1.165, 1.54) is 0 Å². The van der Waals surface area contributed by atoms with E-state index in [-0.39, 0.29) is 18.0 Å². The molecule has 2 N–H and O–H groups in total. The van der Waals surface area contributed by atoms with Crippen LogP contribution < -0.4 is 5.32 Å². The molecule has 2 rings (SSSR count). The van der Waals surface area contributed by atoms with Gasteiger partial charge in [0.2, 0.25) is 0 Å². The van der Waals surface area contributed by atoms with Crippen molar-refractivity contribution in [3.63, 3.8) is 0 Å². The Balaban J connectivity index is 1.81. The molecule has 0 aliphatic carbocycles. The lowest BCUT2D eigenvalue weighted by Crippen LogP contribution is -2.54. The van der Waals surface area contributed by atoms with Crippen molar-refractivity contribution in [3.8, 4) is 0 Å². The van der Waals surface area contributed by atoms with E-state index in [0.29, 0.717) is 32.1 Å². The van der Waals surface area contributed by atoms with Crippen molar-refractivity contribution in [2.24, 2.45) is 5.92 Å². The van der Waals surface area contributed by atoms with Crippen LogP contribution in [0.4, 0.5) is 4.79 Å². The number of hydrogen-bond donors (Lipinski definition) is 2. The lowest BCUT2D eigenvalue weighted by molar-refractivity contribution is -0.137. The van der Waals surface area contributed by atoms with Crippen molar-refractivity contribution >= 4 is 12.0 Å². The first-order valence-electron chi connectivity index (χ1n) is 7.35. The van der Waals surface area contributed by atoms with Gasteiger partial charge in [-0.3, -0.25) is 4.79 Å². The van der Waals surface area contributed by atoms with Gasteiger partial charge in [0.1, 0.15) is 0 Å². The summed E-state index contributed by atoms with van der Waals surface area (Å²) < 4.78 is 5.34. The Kier molecular flexibility index (Phi) is 4.86. The van der Waals surface area contributed by atoms with Crippen molar-refractivity contribution in [2.45, 2.75) is 44.6 Å². The predicted molar refractivity (Wildman–Crippen MR) is 73.5 cm³/mol. The normalized spacial score (nSPS) is 30.2. The van der Waals surface area contributed by atoms with E-state index in [2.05, 4.69) is 5.32 Å². The maximum atomic E-state index is 12.3. The van der Waals surface area contributed by atoms with E-state index in [4.69, 9.17) is 9.84 Å². The van der Waals surface area contributed by atoms with Gasteiger partial charge >= 0.3 is 12.0 Å². The summed E-state index contributed by atoms with van der Waals surface area (Å²) >= 11 is 0. The molecule has 0 radical (unpaired) electrons. The van der Waals surface area contributed by atoms with E-state index in [0.717, 1.165) is 25.8 Å². The van der Waals surface area contributed by atoms with Crippen LogP contribution in [0.15, 0.2) is 0 Å².